The van der Waals surface area contributed by atoms with Gasteiger partial charge in [0.1, 0.15) is 11.4 Å². The van der Waals surface area contributed by atoms with Crippen LogP contribution in [0, 0.1) is 10.1 Å². The van der Waals surface area contributed by atoms with E-state index in [9.17, 15) is 10.1 Å². The lowest BCUT2D eigenvalue weighted by molar-refractivity contribution is -0.383. The van der Waals surface area contributed by atoms with Crippen LogP contribution >= 0.6 is 0 Å². The molecular weight excluding hydrogens is 258 g/mol. The number of nitro benzene ring substituents is 1. The van der Waals surface area contributed by atoms with E-state index in [-0.39, 0.29) is 22.8 Å². The van der Waals surface area contributed by atoms with Gasteiger partial charge < -0.3 is 15.0 Å². The van der Waals surface area contributed by atoms with Gasteiger partial charge in [-0.25, -0.2) is 0 Å². The molecule has 110 valence electrons. The van der Waals surface area contributed by atoms with Crippen LogP contribution in [-0.4, -0.2) is 36.8 Å². The third-order valence-electron chi connectivity index (χ3n) is 3.48. The molecule has 1 saturated heterocycles. The highest BCUT2D eigenvalue weighted by molar-refractivity contribution is 5.77. The van der Waals surface area contributed by atoms with Crippen molar-refractivity contribution in [2.75, 3.05) is 29.9 Å². The van der Waals surface area contributed by atoms with Crippen molar-refractivity contribution in [1.82, 2.24) is 0 Å². The van der Waals surface area contributed by atoms with E-state index in [0.717, 1.165) is 0 Å². The lowest BCUT2D eigenvalue weighted by Crippen LogP contribution is -2.47. The summed E-state index contributed by atoms with van der Waals surface area (Å²) in [4.78, 5) is 13.2. The monoisotopic (exact) mass is 279 g/mol. The van der Waals surface area contributed by atoms with Crippen LogP contribution in [0.2, 0.25) is 0 Å². The summed E-state index contributed by atoms with van der Waals surface area (Å²) in [5.74, 6) is 0. The fourth-order valence-electron chi connectivity index (χ4n) is 2.53. The Morgan fingerprint density at radius 1 is 1.50 bits per heavy atom. The minimum absolute atomic E-state index is 0.0774. The van der Waals surface area contributed by atoms with Crippen LogP contribution < -0.4 is 10.2 Å². The fourth-order valence-corrected chi connectivity index (χ4v) is 2.53. The number of nitrogens with one attached hydrogen (secondary N) is 1. The van der Waals surface area contributed by atoms with E-state index < -0.39 is 0 Å². The molecule has 1 aliphatic heterocycles. The maximum absolute atomic E-state index is 11.5. The number of morpholine rings is 1. The van der Waals surface area contributed by atoms with Crippen molar-refractivity contribution >= 4 is 17.1 Å². The zero-order valence-corrected chi connectivity index (χ0v) is 12.1. The van der Waals surface area contributed by atoms with Gasteiger partial charge in [0.15, 0.2) is 0 Å². The van der Waals surface area contributed by atoms with Crippen LogP contribution in [-0.2, 0) is 4.74 Å². The first-order chi connectivity index (χ1) is 9.54. The van der Waals surface area contributed by atoms with Crippen LogP contribution in [0.3, 0.4) is 0 Å². The van der Waals surface area contributed by atoms with E-state index in [0.29, 0.717) is 31.1 Å². The molecule has 6 nitrogen and oxygen atoms in total. The molecule has 1 fully saturated rings. The molecule has 0 aliphatic carbocycles. The molecule has 0 aromatic heterocycles. The Labute approximate surface area is 118 Å². The molecule has 1 N–H and O–H groups in total. The summed E-state index contributed by atoms with van der Waals surface area (Å²) in [6, 6.07) is 5.54. The maximum atomic E-state index is 11.5. The second kappa shape index (κ2) is 6.09. The van der Waals surface area contributed by atoms with Crippen LogP contribution in [0.15, 0.2) is 18.2 Å². The Hall–Kier alpha value is -1.82. The molecule has 2 unspecified atom stereocenters. The van der Waals surface area contributed by atoms with E-state index >= 15 is 0 Å². The first kappa shape index (κ1) is 14.6. The number of para-hydroxylation sites is 1. The fraction of sp³-hybridized carbons (Fsp3) is 0.571. The van der Waals surface area contributed by atoms with E-state index in [1.54, 1.807) is 6.07 Å². The second-order valence-electron chi connectivity index (χ2n) is 5.11. The third-order valence-corrected chi connectivity index (χ3v) is 3.48. The third kappa shape index (κ3) is 2.85. The Morgan fingerprint density at radius 3 is 2.90 bits per heavy atom. The van der Waals surface area contributed by atoms with Gasteiger partial charge in [0, 0.05) is 19.1 Å². The van der Waals surface area contributed by atoms with Gasteiger partial charge in [0.2, 0.25) is 0 Å². The largest absolute Gasteiger partial charge is 0.380 e. The topological polar surface area (TPSA) is 67.6 Å². The number of nitro groups is 1. The zero-order chi connectivity index (χ0) is 14.7. The first-order valence-electron chi connectivity index (χ1n) is 6.94. The predicted octanol–water partition coefficient (Wildman–Crippen LogP) is 2.64. The van der Waals surface area contributed by atoms with Crippen molar-refractivity contribution in [3.63, 3.8) is 0 Å². The Kier molecular flexibility index (Phi) is 4.44. The summed E-state index contributed by atoms with van der Waals surface area (Å²) in [6.45, 7) is 7.84. The van der Waals surface area contributed by atoms with Crippen LogP contribution in [0.25, 0.3) is 0 Å². The van der Waals surface area contributed by atoms with Gasteiger partial charge in [-0.2, -0.15) is 0 Å². The second-order valence-corrected chi connectivity index (χ2v) is 5.11. The number of hydrogen-bond donors (Lipinski definition) is 1. The molecule has 0 amide bonds. The smallest absolute Gasteiger partial charge is 0.315 e. The van der Waals surface area contributed by atoms with Gasteiger partial charge in [-0.05, 0) is 32.9 Å². The molecule has 1 aromatic rings. The summed E-state index contributed by atoms with van der Waals surface area (Å²) in [5.41, 5.74) is 1.38. The summed E-state index contributed by atoms with van der Waals surface area (Å²) >= 11 is 0. The zero-order valence-electron chi connectivity index (χ0n) is 12.1. The highest BCUT2D eigenvalue weighted by Gasteiger charge is 2.30. The van der Waals surface area contributed by atoms with Crippen LogP contribution in [0.5, 0.6) is 0 Å². The predicted molar refractivity (Wildman–Crippen MR) is 79.5 cm³/mol. The van der Waals surface area contributed by atoms with Crippen molar-refractivity contribution in [1.29, 1.82) is 0 Å². The summed E-state index contributed by atoms with van der Waals surface area (Å²) in [5, 5.41) is 14.5. The lowest BCUT2D eigenvalue weighted by atomic mass is 10.1. The number of ether oxygens (including phenoxy) is 1. The van der Waals surface area contributed by atoms with Crippen LogP contribution in [0.1, 0.15) is 20.8 Å². The number of hydrogen-bond acceptors (Lipinski definition) is 5. The molecule has 0 bridgehead atoms. The quantitative estimate of drug-likeness (QED) is 0.678. The average molecular weight is 279 g/mol. The summed E-state index contributed by atoms with van der Waals surface area (Å²) in [7, 11) is 0. The molecule has 0 radical (unpaired) electrons. The standard InChI is InChI=1S/C14H21N3O3/c1-4-15-12-6-5-7-13(14(12)17(18)19)16-8-11(3)20-9-10(16)2/h5-7,10-11,15H,4,8-9H2,1-3H3. The van der Waals surface area contributed by atoms with Gasteiger partial charge in [-0.3, -0.25) is 10.1 Å². The number of nitrogens with zero attached hydrogens (tertiary/aromatic N) is 2. The molecule has 2 atom stereocenters. The molecule has 20 heavy (non-hydrogen) atoms. The summed E-state index contributed by atoms with van der Waals surface area (Å²) < 4.78 is 5.59. The molecule has 0 saturated carbocycles. The van der Waals surface area contributed by atoms with Crippen molar-refractivity contribution < 1.29 is 9.66 Å². The Bertz CT molecular complexity index is 493. The molecule has 1 aliphatic rings. The van der Waals surface area contributed by atoms with Gasteiger partial charge >= 0.3 is 5.69 Å². The van der Waals surface area contributed by atoms with Crippen molar-refractivity contribution in [3.8, 4) is 0 Å². The number of benzene rings is 1. The lowest BCUT2D eigenvalue weighted by Gasteiger charge is -2.38. The Balaban J connectivity index is 2.44. The van der Waals surface area contributed by atoms with Crippen molar-refractivity contribution in [2.24, 2.45) is 0 Å². The van der Waals surface area contributed by atoms with Gasteiger partial charge in [0.25, 0.3) is 0 Å². The molecule has 1 aromatic carbocycles. The van der Waals surface area contributed by atoms with Crippen molar-refractivity contribution in [2.45, 2.75) is 32.9 Å². The highest BCUT2D eigenvalue weighted by Crippen LogP contribution is 2.37. The number of rotatable bonds is 4. The van der Waals surface area contributed by atoms with Gasteiger partial charge in [-0.1, -0.05) is 6.07 Å². The first-order valence-corrected chi connectivity index (χ1v) is 6.94. The molecular formula is C14H21N3O3. The Morgan fingerprint density at radius 2 is 2.25 bits per heavy atom. The molecule has 2 rings (SSSR count). The van der Waals surface area contributed by atoms with Crippen molar-refractivity contribution in [3.05, 3.63) is 28.3 Å². The number of anilines is 2. The highest BCUT2D eigenvalue weighted by atomic mass is 16.6. The minimum atomic E-state index is -0.305. The van der Waals surface area contributed by atoms with Gasteiger partial charge in [0.05, 0.1) is 17.6 Å². The van der Waals surface area contributed by atoms with Crippen LogP contribution in [0.4, 0.5) is 17.1 Å². The van der Waals surface area contributed by atoms with E-state index in [4.69, 9.17) is 4.74 Å². The van der Waals surface area contributed by atoms with Gasteiger partial charge in [-0.15, -0.1) is 0 Å². The van der Waals surface area contributed by atoms with E-state index in [2.05, 4.69) is 10.2 Å². The molecule has 6 heteroatoms. The molecule has 0 spiro atoms. The maximum Gasteiger partial charge on any atom is 0.315 e. The molecule has 1 heterocycles. The summed E-state index contributed by atoms with van der Waals surface area (Å²) in [6.07, 6.45) is 0.0774. The SMILES string of the molecule is CCNc1cccc(N2CC(C)OCC2C)c1[N+](=O)[O-]. The normalized spacial score (nSPS) is 22.6. The average Bonchev–Trinajstić information content (AvgIpc) is 2.41. The van der Waals surface area contributed by atoms with E-state index in [1.807, 2.05) is 32.9 Å². The van der Waals surface area contributed by atoms with E-state index in [1.165, 1.54) is 0 Å². The minimum Gasteiger partial charge on any atom is -0.380 e.